The van der Waals surface area contributed by atoms with Gasteiger partial charge in [0.15, 0.2) is 0 Å². The molecule has 0 spiro atoms. The Morgan fingerprint density at radius 2 is 1.65 bits per heavy atom. The van der Waals surface area contributed by atoms with Crippen LogP contribution in [0.5, 0.6) is 0 Å². The molecule has 1 aromatic carbocycles. The molecule has 1 saturated heterocycles. The number of nitrogens with zero attached hydrogens (tertiary/aromatic N) is 1. The molecule has 5 heteroatoms. The maximum Gasteiger partial charge on any atom is 0.253 e. The molecule has 1 atom stereocenters. The number of hydrogen-bond acceptors (Lipinski definition) is 3. The number of nitrogens with one attached hydrogen (secondary N) is 2. The minimum atomic E-state index is -0.0166. The summed E-state index contributed by atoms with van der Waals surface area (Å²) in [6.07, 6.45) is 1.80. The van der Waals surface area contributed by atoms with Crippen LogP contribution >= 0.6 is 0 Å². The van der Waals surface area contributed by atoms with Gasteiger partial charge in [-0.2, -0.15) is 0 Å². The van der Waals surface area contributed by atoms with Crippen LogP contribution in [-0.2, 0) is 4.79 Å². The quantitative estimate of drug-likeness (QED) is 0.820. The van der Waals surface area contributed by atoms with E-state index in [0.29, 0.717) is 5.92 Å². The van der Waals surface area contributed by atoms with Crippen molar-refractivity contribution in [3.8, 4) is 0 Å². The monoisotopic (exact) mass is 359 g/mol. The summed E-state index contributed by atoms with van der Waals surface area (Å²) in [6.45, 7) is 11.8. The molecule has 0 aliphatic carbocycles. The molecule has 26 heavy (non-hydrogen) atoms. The van der Waals surface area contributed by atoms with Crippen LogP contribution < -0.4 is 15.5 Å². The molecule has 1 aromatic rings. The fourth-order valence-electron chi connectivity index (χ4n) is 3.03. The van der Waals surface area contributed by atoms with E-state index < -0.39 is 0 Å². The Bertz CT molecular complexity index is 619. The zero-order valence-corrected chi connectivity index (χ0v) is 16.7. The fourth-order valence-corrected chi connectivity index (χ4v) is 3.03. The van der Waals surface area contributed by atoms with E-state index in [0.717, 1.165) is 37.2 Å². The SMILES string of the molecule is CC(C)C(=O)NC1CCN(c2ccccc2C(=O)N[C@H](C)C(C)C)CC1. The van der Waals surface area contributed by atoms with Crippen LogP contribution in [0.25, 0.3) is 0 Å². The van der Waals surface area contributed by atoms with Gasteiger partial charge in [-0.25, -0.2) is 0 Å². The molecular weight excluding hydrogens is 326 g/mol. The summed E-state index contributed by atoms with van der Waals surface area (Å²) in [4.78, 5) is 26.9. The van der Waals surface area contributed by atoms with Crippen molar-refractivity contribution in [3.05, 3.63) is 29.8 Å². The van der Waals surface area contributed by atoms with Crippen molar-refractivity contribution in [2.75, 3.05) is 18.0 Å². The Morgan fingerprint density at radius 3 is 2.23 bits per heavy atom. The van der Waals surface area contributed by atoms with Gasteiger partial charge in [-0.15, -0.1) is 0 Å². The summed E-state index contributed by atoms with van der Waals surface area (Å²) in [5, 5.41) is 6.22. The minimum Gasteiger partial charge on any atom is -0.371 e. The summed E-state index contributed by atoms with van der Waals surface area (Å²) >= 11 is 0. The third kappa shape index (κ3) is 5.23. The lowest BCUT2D eigenvalue weighted by Gasteiger charge is -2.35. The summed E-state index contributed by atoms with van der Waals surface area (Å²) in [7, 11) is 0. The molecule has 144 valence electrons. The maximum absolute atomic E-state index is 12.7. The molecule has 2 amide bonds. The van der Waals surface area contributed by atoms with Gasteiger partial charge in [0, 0.05) is 36.8 Å². The Balaban J connectivity index is 2.02. The van der Waals surface area contributed by atoms with E-state index in [1.165, 1.54) is 0 Å². The van der Waals surface area contributed by atoms with E-state index in [1.54, 1.807) is 0 Å². The van der Waals surface area contributed by atoms with Crippen molar-refractivity contribution < 1.29 is 9.59 Å². The predicted molar refractivity (Wildman–Crippen MR) is 106 cm³/mol. The maximum atomic E-state index is 12.7. The third-order valence-electron chi connectivity index (χ3n) is 5.21. The summed E-state index contributed by atoms with van der Waals surface area (Å²) in [5.74, 6) is 0.509. The number of benzene rings is 1. The van der Waals surface area contributed by atoms with Crippen molar-refractivity contribution >= 4 is 17.5 Å². The van der Waals surface area contributed by atoms with Gasteiger partial charge in [0.1, 0.15) is 0 Å². The largest absolute Gasteiger partial charge is 0.371 e. The van der Waals surface area contributed by atoms with Crippen molar-refractivity contribution in [3.63, 3.8) is 0 Å². The number of carbonyl (C=O) groups excluding carboxylic acids is 2. The number of para-hydroxylation sites is 1. The van der Waals surface area contributed by atoms with Crippen LogP contribution in [0, 0.1) is 11.8 Å². The van der Waals surface area contributed by atoms with E-state index >= 15 is 0 Å². The van der Waals surface area contributed by atoms with Crippen molar-refractivity contribution in [2.24, 2.45) is 11.8 Å². The number of amides is 2. The highest BCUT2D eigenvalue weighted by atomic mass is 16.2. The third-order valence-corrected chi connectivity index (χ3v) is 5.21. The molecule has 2 rings (SSSR count). The second kappa shape index (κ2) is 9.06. The topological polar surface area (TPSA) is 61.4 Å². The minimum absolute atomic E-state index is 0.0143. The zero-order chi connectivity index (χ0) is 19.3. The molecule has 5 nitrogen and oxygen atoms in total. The number of hydrogen-bond donors (Lipinski definition) is 2. The van der Waals surface area contributed by atoms with E-state index in [-0.39, 0.29) is 29.8 Å². The average molecular weight is 360 g/mol. The van der Waals surface area contributed by atoms with Gasteiger partial charge in [-0.3, -0.25) is 9.59 Å². The first-order valence-electron chi connectivity index (χ1n) is 9.74. The molecule has 1 aliphatic heterocycles. The van der Waals surface area contributed by atoms with E-state index in [4.69, 9.17) is 0 Å². The first-order valence-corrected chi connectivity index (χ1v) is 9.74. The molecule has 0 aromatic heterocycles. The Labute approximate surface area is 157 Å². The highest BCUT2D eigenvalue weighted by molar-refractivity contribution is 6.00. The highest BCUT2D eigenvalue weighted by Gasteiger charge is 2.24. The average Bonchev–Trinajstić information content (AvgIpc) is 2.62. The first kappa shape index (κ1) is 20.3. The number of anilines is 1. The molecule has 0 saturated carbocycles. The van der Waals surface area contributed by atoms with Gasteiger partial charge in [-0.05, 0) is 37.8 Å². The van der Waals surface area contributed by atoms with Crippen molar-refractivity contribution in [1.82, 2.24) is 10.6 Å². The summed E-state index contributed by atoms with van der Waals surface area (Å²) in [6, 6.07) is 8.15. The molecule has 0 radical (unpaired) electrons. The number of rotatable bonds is 6. The van der Waals surface area contributed by atoms with E-state index in [9.17, 15) is 9.59 Å². The molecule has 2 N–H and O–H groups in total. The normalized spacial score (nSPS) is 16.7. The Morgan fingerprint density at radius 1 is 1.04 bits per heavy atom. The van der Waals surface area contributed by atoms with E-state index in [2.05, 4.69) is 29.4 Å². The molecule has 0 unspecified atom stereocenters. The predicted octanol–water partition coefficient (Wildman–Crippen LogP) is 3.20. The molecule has 1 fully saturated rings. The van der Waals surface area contributed by atoms with Gasteiger partial charge >= 0.3 is 0 Å². The van der Waals surface area contributed by atoms with E-state index in [1.807, 2.05) is 45.0 Å². The molecule has 1 aliphatic rings. The van der Waals surface area contributed by atoms with Crippen LogP contribution in [0.1, 0.15) is 57.8 Å². The first-order chi connectivity index (χ1) is 12.3. The smallest absolute Gasteiger partial charge is 0.253 e. The van der Waals surface area contributed by atoms with Crippen LogP contribution in [0.4, 0.5) is 5.69 Å². The Kier molecular flexibility index (Phi) is 7.06. The van der Waals surface area contributed by atoms with Crippen LogP contribution in [0.15, 0.2) is 24.3 Å². The molecule has 0 bridgehead atoms. The van der Waals surface area contributed by atoms with Gasteiger partial charge < -0.3 is 15.5 Å². The second-order valence-corrected chi connectivity index (χ2v) is 7.95. The van der Waals surface area contributed by atoms with Gasteiger partial charge in [0.05, 0.1) is 5.56 Å². The van der Waals surface area contributed by atoms with Crippen molar-refractivity contribution in [1.29, 1.82) is 0 Å². The second-order valence-electron chi connectivity index (χ2n) is 7.95. The Hall–Kier alpha value is -2.04. The number of carbonyl (C=O) groups is 2. The van der Waals surface area contributed by atoms with Crippen LogP contribution in [0.3, 0.4) is 0 Å². The lowest BCUT2D eigenvalue weighted by molar-refractivity contribution is -0.124. The van der Waals surface area contributed by atoms with Crippen LogP contribution in [0.2, 0.25) is 0 Å². The van der Waals surface area contributed by atoms with Gasteiger partial charge in [0.2, 0.25) is 5.91 Å². The lowest BCUT2D eigenvalue weighted by Crippen LogP contribution is -2.46. The fraction of sp³-hybridized carbons (Fsp3) is 0.619. The zero-order valence-electron chi connectivity index (χ0n) is 16.7. The molecular formula is C21H33N3O2. The van der Waals surface area contributed by atoms with Crippen LogP contribution in [-0.4, -0.2) is 37.0 Å². The standard InChI is InChI=1S/C21H33N3O2/c1-14(2)16(5)22-21(26)18-8-6-7-9-19(18)24-12-10-17(11-13-24)23-20(25)15(3)4/h6-9,14-17H,10-13H2,1-5H3,(H,22,26)(H,23,25)/t16-/m1/s1. The summed E-state index contributed by atoms with van der Waals surface area (Å²) in [5.41, 5.74) is 1.71. The van der Waals surface area contributed by atoms with Gasteiger partial charge in [0.25, 0.3) is 5.91 Å². The number of piperidine rings is 1. The van der Waals surface area contributed by atoms with Gasteiger partial charge in [-0.1, -0.05) is 39.8 Å². The lowest BCUT2D eigenvalue weighted by atomic mass is 10.0. The molecule has 1 heterocycles. The summed E-state index contributed by atoms with van der Waals surface area (Å²) < 4.78 is 0. The van der Waals surface area contributed by atoms with Crippen molar-refractivity contribution in [2.45, 2.75) is 59.5 Å². The highest BCUT2D eigenvalue weighted by Crippen LogP contribution is 2.24.